The van der Waals surface area contributed by atoms with Crippen molar-refractivity contribution < 1.29 is 19.1 Å². The molecule has 8 nitrogen and oxygen atoms in total. The van der Waals surface area contributed by atoms with Gasteiger partial charge in [0.05, 0.1) is 12.3 Å². The van der Waals surface area contributed by atoms with Gasteiger partial charge in [0.25, 0.3) is 5.91 Å². The van der Waals surface area contributed by atoms with Gasteiger partial charge in [-0.15, -0.1) is 11.6 Å². The number of carbonyl (C=O) groups excluding carboxylic acids is 3. The lowest BCUT2D eigenvalue weighted by molar-refractivity contribution is -0.132. The first-order valence-corrected chi connectivity index (χ1v) is 10.7. The Balaban J connectivity index is 2.02. The predicted molar refractivity (Wildman–Crippen MR) is 116 cm³/mol. The van der Waals surface area contributed by atoms with Crippen molar-refractivity contribution in [2.45, 2.75) is 26.8 Å². The second kappa shape index (κ2) is 9.87. The molecule has 1 aromatic carbocycles. The highest BCUT2D eigenvalue weighted by Crippen LogP contribution is 2.26. The van der Waals surface area contributed by atoms with E-state index in [9.17, 15) is 14.4 Å². The van der Waals surface area contributed by atoms with Crippen LogP contribution in [0.5, 0.6) is 0 Å². The average molecular weight is 445 g/mol. The van der Waals surface area contributed by atoms with Crippen LogP contribution in [-0.4, -0.2) is 75.7 Å². The van der Waals surface area contributed by atoms with Crippen molar-refractivity contribution in [2.75, 3.05) is 32.1 Å². The van der Waals surface area contributed by atoms with E-state index in [1.165, 1.54) is 0 Å². The third kappa shape index (κ3) is 4.85. The van der Waals surface area contributed by atoms with E-state index in [1.54, 1.807) is 23.6 Å². The molecule has 0 spiro atoms. The Kier molecular flexibility index (Phi) is 7.22. The standard InChI is InChI=1S/C22H25ClN4O4/c1-4-31-22(30)18-19(16-8-6-5-7-9-16)24-15(3)25-20(18)21(29)26-10-11-27(14(2)13-26)17(28)12-23/h5-9,14H,4,10-13H2,1-3H3. The predicted octanol–water partition coefficient (Wildman–Crippen LogP) is 2.54. The van der Waals surface area contributed by atoms with Gasteiger partial charge in [-0.3, -0.25) is 9.59 Å². The first kappa shape index (κ1) is 22.7. The summed E-state index contributed by atoms with van der Waals surface area (Å²) in [5.74, 6) is -0.933. The van der Waals surface area contributed by atoms with E-state index in [2.05, 4.69) is 9.97 Å². The molecule has 2 amide bonds. The van der Waals surface area contributed by atoms with Gasteiger partial charge in [0.15, 0.2) is 0 Å². The fourth-order valence-corrected chi connectivity index (χ4v) is 3.82. The van der Waals surface area contributed by atoms with E-state index in [0.29, 0.717) is 36.7 Å². The van der Waals surface area contributed by atoms with Crippen LogP contribution in [0.4, 0.5) is 0 Å². The van der Waals surface area contributed by atoms with Gasteiger partial charge in [-0.2, -0.15) is 0 Å². The minimum atomic E-state index is -0.645. The summed E-state index contributed by atoms with van der Waals surface area (Å²) in [5, 5.41) is 0. The van der Waals surface area contributed by atoms with Crippen molar-refractivity contribution >= 4 is 29.4 Å². The van der Waals surface area contributed by atoms with Crippen LogP contribution < -0.4 is 0 Å². The molecule has 0 radical (unpaired) electrons. The average Bonchev–Trinajstić information content (AvgIpc) is 2.78. The summed E-state index contributed by atoms with van der Waals surface area (Å²) in [7, 11) is 0. The Morgan fingerprint density at radius 2 is 1.87 bits per heavy atom. The smallest absolute Gasteiger partial charge is 0.342 e. The summed E-state index contributed by atoms with van der Waals surface area (Å²) in [6.07, 6.45) is 0. The third-order valence-corrected chi connectivity index (χ3v) is 5.33. The van der Waals surface area contributed by atoms with Gasteiger partial charge >= 0.3 is 5.97 Å². The van der Waals surface area contributed by atoms with Gasteiger partial charge in [-0.25, -0.2) is 14.8 Å². The number of hydrogen-bond acceptors (Lipinski definition) is 6. The number of benzene rings is 1. The Hall–Kier alpha value is -3.00. The molecule has 9 heteroatoms. The molecule has 1 aliphatic rings. The largest absolute Gasteiger partial charge is 0.462 e. The summed E-state index contributed by atoms with van der Waals surface area (Å²) < 4.78 is 5.24. The van der Waals surface area contributed by atoms with Crippen molar-refractivity contribution in [1.82, 2.24) is 19.8 Å². The number of halogens is 1. The number of rotatable bonds is 5. The number of aryl methyl sites for hydroxylation is 1. The number of carbonyl (C=O) groups is 3. The van der Waals surface area contributed by atoms with Gasteiger partial charge in [0.2, 0.25) is 5.91 Å². The minimum Gasteiger partial charge on any atom is -0.462 e. The molecular formula is C22H25ClN4O4. The fourth-order valence-electron chi connectivity index (χ4n) is 3.67. The molecule has 1 aliphatic heterocycles. The van der Waals surface area contributed by atoms with Gasteiger partial charge in [-0.05, 0) is 20.8 Å². The van der Waals surface area contributed by atoms with E-state index >= 15 is 0 Å². The lowest BCUT2D eigenvalue weighted by Crippen LogP contribution is -2.56. The number of alkyl halides is 1. The molecule has 31 heavy (non-hydrogen) atoms. The number of amides is 2. The number of esters is 1. The van der Waals surface area contributed by atoms with Crippen LogP contribution in [0.2, 0.25) is 0 Å². The van der Waals surface area contributed by atoms with E-state index in [1.807, 2.05) is 37.3 Å². The molecule has 1 aromatic heterocycles. The molecular weight excluding hydrogens is 420 g/mol. The highest BCUT2D eigenvalue weighted by Gasteiger charge is 2.34. The molecule has 0 bridgehead atoms. The summed E-state index contributed by atoms with van der Waals surface area (Å²) in [4.78, 5) is 50.3. The van der Waals surface area contributed by atoms with Crippen molar-refractivity contribution in [1.29, 1.82) is 0 Å². The second-order valence-electron chi connectivity index (χ2n) is 7.25. The van der Waals surface area contributed by atoms with Crippen LogP contribution in [0.1, 0.15) is 40.5 Å². The monoisotopic (exact) mass is 444 g/mol. The molecule has 2 heterocycles. The molecule has 0 saturated carbocycles. The summed E-state index contributed by atoms with van der Waals surface area (Å²) in [6.45, 7) is 6.39. The first-order chi connectivity index (χ1) is 14.9. The van der Waals surface area contributed by atoms with Gasteiger partial charge in [0, 0.05) is 31.2 Å². The molecule has 1 atom stereocenters. The lowest BCUT2D eigenvalue weighted by atomic mass is 10.0. The number of ether oxygens (including phenoxy) is 1. The zero-order chi connectivity index (χ0) is 22.5. The third-order valence-electron chi connectivity index (χ3n) is 5.10. The molecule has 2 aromatic rings. The maximum Gasteiger partial charge on any atom is 0.342 e. The van der Waals surface area contributed by atoms with Gasteiger partial charge in [-0.1, -0.05) is 30.3 Å². The van der Waals surface area contributed by atoms with Gasteiger partial charge in [0.1, 0.15) is 23.0 Å². The maximum absolute atomic E-state index is 13.5. The van der Waals surface area contributed by atoms with E-state index in [-0.39, 0.29) is 35.7 Å². The Labute approximate surface area is 186 Å². The quantitative estimate of drug-likeness (QED) is 0.519. The molecule has 0 N–H and O–H groups in total. The van der Waals surface area contributed by atoms with Gasteiger partial charge < -0.3 is 14.5 Å². The van der Waals surface area contributed by atoms with E-state index in [4.69, 9.17) is 16.3 Å². The molecule has 1 unspecified atom stereocenters. The molecule has 1 fully saturated rings. The molecule has 164 valence electrons. The van der Waals surface area contributed by atoms with Crippen LogP contribution in [0.3, 0.4) is 0 Å². The SMILES string of the molecule is CCOC(=O)c1c(C(=O)N2CCN(C(=O)CCl)C(C)C2)nc(C)nc1-c1ccccc1. The minimum absolute atomic E-state index is 0.00845. The van der Waals surface area contributed by atoms with Crippen LogP contribution in [0.25, 0.3) is 11.3 Å². The highest BCUT2D eigenvalue weighted by atomic mass is 35.5. The summed E-state index contributed by atoms with van der Waals surface area (Å²) >= 11 is 5.68. The highest BCUT2D eigenvalue weighted by molar-refractivity contribution is 6.27. The van der Waals surface area contributed by atoms with Crippen LogP contribution in [0.15, 0.2) is 30.3 Å². The lowest BCUT2D eigenvalue weighted by Gasteiger charge is -2.39. The fraction of sp³-hybridized carbons (Fsp3) is 0.409. The Morgan fingerprint density at radius 1 is 1.16 bits per heavy atom. The molecule has 1 saturated heterocycles. The van der Waals surface area contributed by atoms with Crippen molar-refractivity contribution in [3.63, 3.8) is 0 Å². The first-order valence-electron chi connectivity index (χ1n) is 10.1. The number of hydrogen-bond donors (Lipinski definition) is 0. The van der Waals surface area contributed by atoms with Crippen molar-refractivity contribution in [3.05, 3.63) is 47.4 Å². The van der Waals surface area contributed by atoms with Crippen LogP contribution in [-0.2, 0) is 9.53 Å². The second-order valence-corrected chi connectivity index (χ2v) is 7.52. The van der Waals surface area contributed by atoms with E-state index < -0.39 is 11.9 Å². The van der Waals surface area contributed by atoms with Crippen LogP contribution >= 0.6 is 11.6 Å². The zero-order valence-corrected chi connectivity index (χ0v) is 18.6. The number of nitrogens with zero attached hydrogens (tertiary/aromatic N) is 4. The van der Waals surface area contributed by atoms with Crippen LogP contribution in [0, 0.1) is 6.92 Å². The van der Waals surface area contributed by atoms with Crippen molar-refractivity contribution in [3.8, 4) is 11.3 Å². The van der Waals surface area contributed by atoms with E-state index in [0.717, 1.165) is 0 Å². The van der Waals surface area contributed by atoms with Crippen molar-refractivity contribution in [2.24, 2.45) is 0 Å². The molecule has 0 aliphatic carbocycles. The zero-order valence-electron chi connectivity index (χ0n) is 17.8. The normalized spacial score (nSPS) is 16.2. The summed E-state index contributed by atoms with van der Waals surface area (Å²) in [6, 6.07) is 8.95. The number of aromatic nitrogens is 2. The number of piperazine rings is 1. The topological polar surface area (TPSA) is 92.7 Å². The Morgan fingerprint density at radius 3 is 2.48 bits per heavy atom. The Bertz CT molecular complexity index is 983. The molecule has 3 rings (SSSR count). The maximum atomic E-state index is 13.5. The summed E-state index contributed by atoms with van der Waals surface area (Å²) in [5.41, 5.74) is 1.11.